The van der Waals surface area contributed by atoms with Gasteiger partial charge in [0.2, 0.25) is 17.6 Å². The van der Waals surface area contributed by atoms with E-state index in [0.717, 1.165) is 31.6 Å². The quantitative estimate of drug-likeness (QED) is 0.142. The Hall–Kier alpha value is -4.90. The highest BCUT2D eigenvalue weighted by molar-refractivity contribution is 6.16. The number of fused-ring (bicyclic) bond motifs is 3. The minimum Gasteiger partial charge on any atom is -0.489 e. The van der Waals surface area contributed by atoms with Crippen molar-refractivity contribution < 1.29 is 32.9 Å². The first-order chi connectivity index (χ1) is 22.9. The van der Waals surface area contributed by atoms with Crippen LogP contribution in [0.4, 0.5) is 15.8 Å². The lowest BCUT2D eigenvalue weighted by Crippen LogP contribution is -2.35. The number of amides is 2. The van der Waals surface area contributed by atoms with E-state index in [1.54, 1.807) is 30.5 Å². The summed E-state index contributed by atoms with van der Waals surface area (Å²) in [5.74, 6) is 0.189. The molecule has 0 atom stereocenters. The highest BCUT2D eigenvalue weighted by atomic mass is 19.1. The van der Waals surface area contributed by atoms with Crippen LogP contribution in [-0.4, -0.2) is 61.2 Å². The molecule has 11 heteroatoms. The van der Waals surface area contributed by atoms with E-state index in [-0.39, 0.29) is 17.3 Å². The molecule has 1 saturated heterocycles. The number of aryl methyl sites for hydroxylation is 1. The number of benzene rings is 3. The number of carbonyl (C=O) groups excluding carboxylic acids is 2. The van der Waals surface area contributed by atoms with Crippen molar-refractivity contribution in [2.75, 3.05) is 50.1 Å². The third-order valence-electron chi connectivity index (χ3n) is 8.86. The van der Waals surface area contributed by atoms with Gasteiger partial charge in [-0.05, 0) is 82.4 Å². The van der Waals surface area contributed by atoms with Crippen LogP contribution in [0.3, 0.4) is 0 Å². The minimum atomic E-state index is -1.19. The fourth-order valence-corrected chi connectivity index (χ4v) is 6.04. The van der Waals surface area contributed by atoms with E-state index in [0.29, 0.717) is 72.3 Å². The molecule has 2 amide bonds. The summed E-state index contributed by atoms with van der Waals surface area (Å²) < 4.78 is 39.6. The molecule has 1 aromatic heterocycles. The topological polar surface area (TPSA) is 111 Å². The molecule has 0 bridgehead atoms. The number of nitrogens with one attached hydrogen (secondary N) is 2. The summed E-state index contributed by atoms with van der Waals surface area (Å²) in [5, 5.41) is 6.07. The Kier molecular flexibility index (Phi) is 8.55. The van der Waals surface area contributed by atoms with Gasteiger partial charge in [0.25, 0.3) is 0 Å². The summed E-state index contributed by atoms with van der Waals surface area (Å²) in [5.41, 5.74) is 1.27. The van der Waals surface area contributed by atoms with E-state index in [4.69, 9.17) is 18.9 Å². The van der Waals surface area contributed by atoms with Crippen LogP contribution in [0.15, 0.2) is 60.8 Å². The molecule has 3 aromatic carbocycles. The molecule has 4 aromatic rings. The molecule has 3 heterocycles. The molecule has 1 saturated carbocycles. The number of pyridine rings is 1. The molecule has 0 radical (unpaired) electrons. The van der Waals surface area contributed by atoms with E-state index in [2.05, 4.69) is 20.5 Å². The van der Waals surface area contributed by atoms with Crippen LogP contribution in [0.2, 0.25) is 0 Å². The predicted octanol–water partition coefficient (Wildman–Crippen LogP) is 6.47. The number of aromatic nitrogens is 1. The first-order valence-electron chi connectivity index (χ1n) is 16.1. The Morgan fingerprint density at radius 2 is 1.60 bits per heavy atom. The smallest absolute Gasteiger partial charge is 0.240 e. The fraction of sp³-hybridized carbons (Fsp3) is 0.361. The maximum atomic E-state index is 15.4. The standard InChI is InChI=1S/C36H37FN4O6/c1-23-5-7-24(8-6-23)39-34(42)36(12-13-36)35(43)40-25-9-10-28(26(37)21-25)47-29-11-14-38-27-22-30(32-33(31(27)29)46-20-19-45-32)44-18-4-17-41-15-2-3-16-41/h5-11,14,21-22H,2-4,12-13,15-20H2,1H3,(H,39,42)(H,40,43). The lowest BCUT2D eigenvalue weighted by Gasteiger charge is -2.24. The van der Waals surface area contributed by atoms with Crippen molar-refractivity contribution in [3.63, 3.8) is 0 Å². The van der Waals surface area contributed by atoms with Crippen LogP contribution in [-0.2, 0) is 9.59 Å². The SMILES string of the molecule is Cc1ccc(NC(=O)C2(C(=O)Nc3ccc(Oc4ccnc5cc(OCCCN6CCCC6)c6c(c45)OCCO6)c(F)c3)CC2)cc1. The largest absolute Gasteiger partial charge is 0.489 e. The van der Waals surface area contributed by atoms with Crippen molar-refractivity contribution in [3.05, 3.63) is 72.2 Å². The number of anilines is 2. The van der Waals surface area contributed by atoms with Crippen LogP contribution in [0.25, 0.3) is 10.9 Å². The van der Waals surface area contributed by atoms with Crippen molar-refractivity contribution in [3.8, 4) is 28.7 Å². The Balaban J connectivity index is 1.05. The van der Waals surface area contributed by atoms with Gasteiger partial charge in [-0.15, -0.1) is 0 Å². The highest BCUT2D eigenvalue weighted by Crippen LogP contribution is 2.49. The summed E-state index contributed by atoms with van der Waals surface area (Å²) in [6.07, 6.45) is 5.80. The van der Waals surface area contributed by atoms with Crippen molar-refractivity contribution in [2.24, 2.45) is 5.41 Å². The summed E-state index contributed by atoms with van der Waals surface area (Å²) in [6.45, 7) is 6.46. The first kappa shape index (κ1) is 30.7. The summed E-state index contributed by atoms with van der Waals surface area (Å²) in [6, 6.07) is 14.9. The Morgan fingerprint density at radius 3 is 2.32 bits per heavy atom. The average Bonchev–Trinajstić information content (AvgIpc) is 3.74. The molecule has 1 aliphatic carbocycles. The van der Waals surface area contributed by atoms with E-state index in [9.17, 15) is 9.59 Å². The molecule has 7 rings (SSSR count). The number of ether oxygens (including phenoxy) is 4. The van der Waals surface area contributed by atoms with Crippen molar-refractivity contribution in [1.29, 1.82) is 0 Å². The number of hydrogen-bond donors (Lipinski definition) is 2. The number of nitrogens with zero attached hydrogens (tertiary/aromatic N) is 2. The van der Waals surface area contributed by atoms with Gasteiger partial charge in [-0.25, -0.2) is 4.39 Å². The zero-order valence-corrected chi connectivity index (χ0v) is 26.3. The van der Waals surface area contributed by atoms with E-state index in [1.165, 1.54) is 31.0 Å². The first-order valence-corrected chi connectivity index (χ1v) is 16.1. The predicted molar refractivity (Wildman–Crippen MR) is 175 cm³/mol. The molecular weight excluding hydrogens is 603 g/mol. The summed E-state index contributed by atoms with van der Waals surface area (Å²) in [4.78, 5) is 33.1. The van der Waals surface area contributed by atoms with Crippen LogP contribution in [0.1, 0.15) is 37.7 Å². The molecule has 3 aliphatic rings. The van der Waals surface area contributed by atoms with Gasteiger partial charge in [0.05, 0.1) is 17.5 Å². The molecule has 244 valence electrons. The van der Waals surface area contributed by atoms with Gasteiger partial charge in [-0.1, -0.05) is 17.7 Å². The average molecular weight is 641 g/mol. The zero-order valence-electron chi connectivity index (χ0n) is 26.3. The normalized spacial score (nSPS) is 16.5. The Labute approximate surface area is 272 Å². The van der Waals surface area contributed by atoms with E-state index in [1.807, 2.05) is 19.1 Å². The summed E-state index contributed by atoms with van der Waals surface area (Å²) in [7, 11) is 0. The summed E-state index contributed by atoms with van der Waals surface area (Å²) >= 11 is 0. The van der Waals surface area contributed by atoms with Crippen LogP contribution >= 0.6 is 0 Å². The van der Waals surface area contributed by atoms with Crippen LogP contribution < -0.4 is 29.6 Å². The number of rotatable bonds is 11. The van der Waals surface area contributed by atoms with Gasteiger partial charge in [0.1, 0.15) is 24.4 Å². The van der Waals surface area contributed by atoms with Gasteiger partial charge in [0.15, 0.2) is 23.1 Å². The number of carbonyl (C=O) groups is 2. The lowest BCUT2D eigenvalue weighted by molar-refractivity contribution is -0.131. The minimum absolute atomic E-state index is 0.0542. The molecule has 0 spiro atoms. The second-order valence-electron chi connectivity index (χ2n) is 12.3. The third kappa shape index (κ3) is 6.53. The van der Waals surface area contributed by atoms with Crippen molar-refractivity contribution >= 4 is 34.1 Å². The van der Waals surface area contributed by atoms with Gasteiger partial charge in [-0.2, -0.15) is 0 Å². The van der Waals surface area contributed by atoms with Crippen LogP contribution in [0.5, 0.6) is 28.7 Å². The molecule has 10 nitrogen and oxygen atoms in total. The molecule has 2 N–H and O–H groups in total. The molecule has 2 aliphatic heterocycles. The monoisotopic (exact) mass is 640 g/mol. The van der Waals surface area contributed by atoms with Gasteiger partial charge in [-0.3, -0.25) is 14.6 Å². The zero-order chi connectivity index (χ0) is 32.4. The fourth-order valence-electron chi connectivity index (χ4n) is 6.04. The van der Waals surface area contributed by atoms with E-state index < -0.39 is 17.1 Å². The second-order valence-corrected chi connectivity index (χ2v) is 12.3. The van der Waals surface area contributed by atoms with Gasteiger partial charge in [0, 0.05) is 36.2 Å². The van der Waals surface area contributed by atoms with Gasteiger partial charge >= 0.3 is 0 Å². The van der Waals surface area contributed by atoms with Crippen molar-refractivity contribution in [2.45, 2.75) is 39.0 Å². The van der Waals surface area contributed by atoms with Crippen LogP contribution in [0, 0.1) is 18.2 Å². The molecule has 47 heavy (non-hydrogen) atoms. The lowest BCUT2D eigenvalue weighted by atomic mass is 10.0. The number of hydrogen-bond acceptors (Lipinski definition) is 8. The van der Waals surface area contributed by atoms with Gasteiger partial charge < -0.3 is 34.5 Å². The van der Waals surface area contributed by atoms with E-state index >= 15 is 4.39 Å². The molecular formula is C36H37FN4O6. The number of halogens is 1. The second kappa shape index (κ2) is 13.1. The maximum Gasteiger partial charge on any atom is 0.240 e. The third-order valence-corrected chi connectivity index (χ3v) is 8.86. The molecule has 2 fully saturated rings. The van der Waals surface area contributed by atoms with Crippen molar-refractivity contribution in [1.82, 2.24) is 9.88 Å². The molecule has 0 unspecified atom stereocenters. The number of likely N-dealkylation sites (tertiary alicyclic amines) is 1. The highest BCUT2D eigenvalue weighted by Gasteiger charge is 2.56. The maximum absolute atomic E-state index is 15.4. The Bertz CT molecular complexity index is 1800. The Morgan fingerprint density at radius 1 is 0.894 bits per heavy atom.